The summed E-state index contributed by atoms with van der Waals surface area (Å²) in [7, 11) is 0. The summed E-state index contributed by atoms with van der Waals surface area (Å²) in [6.07, 6.45) is 5.44. The summed E-state index contributed by atoms with van der Waals surface area (Å²) in [6, 6.07) is 16.8. The Labute approximate surface area is 171 Å². The second kappa shape index (κ2) is 8.64. The van der Waals surface area contributed by atoms with Gasteiger partial charge in [0.05, 0.1) is 0 Å². The van der Waals surface area contributed by atoms with E-state index in [4.69, 9.17) is 5.21 Å². The first-order valence-corrected chi connectivity index (χ1v) is 10.1. The van der Waals surface area contributed by atoms with Crippen molar-refractivity contribution >= 4 is 22.9 Å². The van der Waals surface area contributed by atoms with Gasteiger partial charge in [-0.25, -0.2) is 5.48 Å². The van der Waals surface area contributed by atoms with Crippen molar-refractivity contribution < 1.29 is 10.0 Å². The van der Waals surface area contributed by atoms with Crippen molar-refractivity contribution in [2.75, 3.05) is 13.1 Å². The molecule has 1 unspecified atom stereocenters. The fraction of sp³-hybridized carbons (Fsp3) is 0.292. The number of benzene rings is 2. The number of carbonyl (C=O) groups is 1. The number of rotatable bonds is 5. The van der Waals surface area contributed by atoms with Gasteiger partial charge < -0.3 is 4.98 Å². The number of H-pyrrole nitrogens is 1. The molecule has 1 aliphatic rings. The van der Waals surface area contributed by atoms with E-state index in [0.29, 0.717) is 5.92 Å². The Balaban J connectivity index is 1.44. The van der Waals surface area contributed by atoms with Crippen LogP contribution in [-0.2, 0) is 11.3 Å². The normalized spacial score (nSPS) is 17.8. The SMILES string of the molecule is Cc1[nH]c2ccccc2c1C1CCCN(Cc2ccc(C=CC(=O)NO)cc2)C1. The number of amides is 1. The smallest absolute Gasteiger partial charge is 0.267 e. The van der Waals surface area contributed by atoms with Crippen molar-refractivity contribution in [1.29, 1.82) is 0 Å². The first-order chi connectivity index (χ1) is 14.1. The Hall–Kier alpha value is -2.89. The number of para-hydroxylation sites is 1. The van der Waals surface area contributed by atoms with Gasteiger partial charge in [-0.05, 0) is 61.1 Å². The number of carbonyl (C=O) groups excluding carboxylic acids is 1. The van der Waals surface area contributed by atoms with E-state index in [2.05, 4.69) is 53.2 Å². The summed E-state index contributed by atoms with van der Waals surface area (Å²) in [5.74, 6) is 0.0279. The maximum atomic E-state index is 11.1. The van der Waals surface area contributed by atoms with Gasteiger partial charge in [0.15, 0.2) is 0 Å². The summed E-state index contributed by atoms with van der Waals surface area (Å²) in [6.45, 7) is 5.31. The van der Waals surface area contributed by atoms with Crippen LogP contribution < -0.4 is 5.48 Å². The number of aryl methyl sites for hydroxylation is 1. The molecule has 5 heteroatoms. The predicted octanol–water partition coefficient (Wildman–Crippen LogP) is 4.37. The fourth-order valence-electron chi connectivity index (χ4n) is 4.46. The van der Waals surface area contributed by atoms with E-state index in [0.717, 1.165) is 25.2 Å². The van der Waals surface area contributed by atoms with Crippen molar-refractivity contribution in [2.24, 2.45) is 0 Å². The highest BCUT2D eigenvalue weighted by atomic mass is 16.5. The first kappa shape index (κ1) is 19.4. The van der Waals surface area contributed by atoms with Gasteiger partial charge in [-0.1, -0.05) is 42.5 Å². The van der Waals surface area contributed by atoms with Crippen LogP contribution in [0.4, 0.5) is 0 Å². The number of hydrogen-bond acceptors (Lipinski definition) is 3. The minimum atomic E-state index is -0.527. The van der Waals surface area contributed by atoms with Crippen LogP contribution in [0.25, 0.3) is 17.0 Å². The van der Waals surface area contributed by atoms with Gasteiger partial charge in [0, 0.05) is 35.8 Å². The molecule has 5 nitrogen and oxygen atoms in total. The summed E-state index contributed by atoms with van der Waals surface area (Å²) >= 11 is 0. The highest BCUT2D eigenvalue weighted by Gasteiger charge is 2.25. The third-order valence-corrected chi connectivity index (χ3v) is 5.78. The zero-order chi connectivity index (χ0) is 20.2. The van der Waals surface area contributed by atoms with E-state index >= 15 is 0 Å². The number of likely N-dealkylation sites (tertiary alicyclic amines) is 1. The van der Waals surface area contributed by atoms with Crippen molar-refractivity contribution in [3.63, 3.8) is 0 Å². The fourth-order valence-corrected chi connectivity index (χ4v) is 4.46. The lowest BCUT2D eigenvalue weighted by molar-refractivity contribution is -0.124. The summed E-state index contributed by atoms with van der Waals surface area (Å²) in [4.78, 5) is 17.2. The van der Waals surface area contributed by atoms with Crippen LogP contribution in [0.5, 0.6) is 0 Å². The summed E-state index contributed by atoms with van der Waals surface area (Å²) in [5, 5.41) is 9.91. The molecule has 0 spiro atoms. The highest BCUT2D eigenvalue weighted by molar-refractivity contribution is 5.90. The number of hydrogen-bond donors (Lipinski definition) is 3. The highest BCUT2D eigenvalue weighted by Crippen LogP contribution is 2.35. The molecule has 4 rings (SSSR count). The Morgan fingerprint density at radius 1 is 1.24 bits per heavy atom. The number of aromatic amines is 1. The van der Waals surface area contributed by atoms with Gasteiger partial charge in [-0.2, -0.15) is 0 Å². The van der Waals surface area contributed by atoms with E-state index in [9.17, 15) is 4.79 Å². The Bertz CT molecular complexity index is 1020. The van der Waals surface area contributed by atoms with E-state index in [1.807, 2.05) is 12.1 Å². The van der Waals surface area contributed by atoms with Crippen molar-refractivity contribution in [1.82, 2.24) is 15.4 Å². The maximum Gasteiger partial charge on any atom is 0.267 e. The average molecular weight is 389 g/mol. The molecule has 29 heavy (non-hydrogen) atoms. The van der Waals surface area contributed by atoms with Crippen LogP contribution in [-0.4, -0.2) is 34.1 Å². The lowest BCUT2D eigenvalue weighted by Crippen LogP contribution is -2.34. The molecule has 1 aromatic heterocycles. The molecule has 0 aliphatic carbocycles. The number of hydroxylamine groups is 1. The molecule has 0 bridgehead atoms. The van der Waals surface area contributed by atoms with Gasteiger partial charge in [-0.3, -0.25) is 14.9 Å². The molecule has 3 aromatic rings. The minimum Gasteiger partial charge on any atom is -0.358 e. The standard InChI is InChI=1S/C24H27N3O2/c1-17-24(21-6-2-3-7-22(21)25-17)20-5-4-14-27(16-20)15-19-10-8-18(9-11-19)12-13-23(28)26-29/h2-3,6-13,20,25,29H,4-5,14-16H2,1H3,(H,26,28). The molecular weight excluding hydrogens is 362 g/mol. The molecule has 1 amide bonds. The van der Waals surface area contributed by atoms with Crippen LogP contribution in [0.3, 0.4) is 0 Å². The topological polar surface area (TPSA) is 68.4 Å². The summed E-state index contributed by atoms with van der Waals surface area (Å²) in [5.41, 5.74) is 7.80. The predicted molar refractivity (Wildman–Crippen MR) is 116 cm³/mol. The number of aromatic nitrogens is 1. The third-order valence-electron chi connectivity index (χ3n) is 5.78. The monoisotopic (exact) mass is 389 g/mol. The molecule has 0 saturated carbocycles. The van der Waals surface area contributed by atoms with Gasteiger partial charge in [0.25, 0.3) is 5.91 Å². The number of fused-ring (bicyclic) bond motifs is 1. The van der Waals surface area contributed by atoms with E-state index < -0.39 is 5.91 Å². The van der Waals surface area contributed by atoms with E-state index in [1.54, 1.807) is 11.6 Å². The molecule has 1 saturated heterocycles. The quantitative estimate of drug-likeness (QED) is 0.345. The first-order valence-electron chi connectivity index (χ1n) is 10.1. The largest absolute Gasteiger partial charge is 0.358 e. The molecule has 2 heterocycles. The molecule has 150 valence electrons. The van der Waals surface area contributed by atoms with Gasteiger partial charge in [0.1, 0.15) is 0 Å². The zero-order valence-electron chi connectivity index (χ0n) is 16.7. The van der Waals surface area contributed by atoms with Crippen molar-refractivity contribution in [3.05, 3.63) is 77.0 Å². The Morgan fingerprint density at radius 3 is 2.83 bits per heavy atom. The van der Waals surface area contributed by atoms with Crippen LogP contribution >= 0.6 is 0 Å². The number of piperidine rings is 1. The molecule has 1 atom stereocenters. The minimum absolute atomic E-state index is 0.527. The second-order valence-corrected chi connectivity index (χ2v) is 7.83. The van der Waals surface area contributed by atoms with Gasteiger partial charge >= 0.3 is 0 Å². The molecule has 3 N–H and O–H groups in total. The van der Waals surface area contributed by atoms with E-state index in [-0.39, 0.29) is 0 Å². The molecular formula is C24H27N3O2. The van der Waals surface area contributed by atoms with Crippen molar-refractivity contribution in [2.45, 2.75) is 32.2 Å². The van der Waals surface area contributed by atoms with E-state index in [1.165, 1.54) is 46.6 Å². The van der Waals surface area contributed by atoms with Crippen LogP contribution in [0.1, 0.15) is 41.1 Å². The molecule has 1 fully saturated rings. The summed E-state index contributed by atoms with van der Waals surface area (Å²) < 4.78 is 0. The molecule has 0 radical (unpaired) electrons. The molecule has 1 aliphatic heterocycles. The maximum absolute atomic E-state index is 11.1. The van der Waals surface area contributed by atoms with Crippen LogP contribution in [0, 0.1) is 6.92 Å². The Kier molecular flexibility index (Phi) is 5.79. The third kappa shape index (κ3) is 4.42. The molecule has 2 aromatic carbocycles. The Morgan fingerprint density at radius 2 is 2.03 bits per heavy atom. The average Bonchev–Trinajstić information content (AvgIpc) is 3.09. The van der Waals surface area contributed by atoms with Crippen LogP contribution in [0.15, 0.2) is 54.6 Å². The number of nitrogens with one attached hydrogen (secondary N) is 2. The second-order valence-electron chi connectivity index (χ2n) is 7.83. The lowest BCUT2D eigenvalue weighted by atomic mass is 9.88. The number of nitrogens with zero attached hydrogens (tertiary/aromatic N) is 1. The van der Waals surface area contributed by atoms with Gasteiger partial charge in [0.2, 0.25) is 0 Å². The van der Waals surface area contributed by atoms with Crippen LogP contribution in [0.2, 0.25) is 0 Å². The zero-order valence-corrected chi connectivity index (χ0v) is 16.7. The lowest BCUT2D eigenvalue weighted by Gasteiger charge is -2.33. The van der Waals surface area contributed by atoms with Crippen molar-refractivity contribution in [3.8, 4) is 0 Å². The van der Waals surface area contributed by atoms with Gasteiger partial charge in [-0.15, -0.1) is 0 Å².